The second kappa shape index (κ2) is 8.58. The monoisotopic (exact) mass is 228 g/mol. The number of carbonyl (C=O) groups is 1. The second-order valence-corrected chi connectivity index (χ2v) is 4.17. The highest BCUT2D eigenvalue weighted by molar-refractivity contribution is 5.95. The SMILES string of the molecule is CCCCCC#CC(=O)CCc1ccccc1. The standard InChI is InChI=1S/C16H20O/c1-2-3-4-5-9-12-16(17)14-13-15-10-7-6-8-11-15/h6-8,10-11H,2-5,13-14H2,1H3. The van der Waals surface area contributed by atoms with Gasteiger partial charge in [-0.3, -0.25) is 4.79 Å². The summed E-state index contributed by atoms with van der Waals surface area (Å²) in [6.45, 7) is 2.17. The van der Waals surface area contributed by atoms with Gasteiger partial charge in [-0.2, -0.15) is 0 Å². The molecule has 0 aliphatic rings. The number of aryl methyl sites for hydroxylation is 1. The van der Waals surface area contributed by atoms with E-state index in [1.54, 1.807) is 0 Å². The van der Waals surface area contributed by atoms with Gasteiger partial charge in [-0.25, -0.2) is 0 Å². The molecule has 0 radical (unpaired) electrons. The molecule has 0 N–H and O–H groups in total. The Kier molecular flexibility index (Phi) is 6.82. The van der Waals surface area contributed by atoms with Crippen LogP contribution >= 0.6 is 0 Å². The normalized spacial score (nSPS) is 9.47. The van der Waals surface area contributed by atoms with E-state index in [0.29, 0.717) is 6.42 Å². The van der Waals surface area contributed by atoms with Gasteiger partial charge < -0.3 is 0 Å². The summed E-state index contributed by atoms with van der Waals surface area (Å²) in [4.78, 5) is 11.5. The molecule has 0 saturated carbocycles. The minimum absolute atomic E-state index is 0.0605. The fourth-order valence-corrected chi connectivity index (χ4v) is 1.59. The molecule has 0 unspecified atom stereocenters. The average Bonchev–Trinajstić information content (AvgIpc) is 2.37. The van der Waals surface area contributed by atoms with Crippen molar-refractivity contribution >= 4 is 5.78 Å². The van der Waals surface area contributed by atoms with Gasteiger partial charge in [0.2, 0.25) is 5.78 Å². The van der Waals surface area contributed by atoms with Gasteiger partial charge in [0.25, 0.3) is 0 Å². The topological polar surface area (TPSA) is 17.1 Å². The first-order valence-corrected chi connectivity index (χ1v) is 6.38. The highest BCUT2D eigenvalue weighted by Crippen LogP contribution is 2.02. The van der Waals surface area contributed by atoms with Crippen molar-refractivity contribution in [1.29, 1.82) is 0 Å². The fraction of sp³-hybridized carbons (Fsp3) is 0.438. The molecule has 0 aliphatic carbocycles. The summed E-state index contributed by atoms with van der Waals surface area (Å²) in [7, 11) is 0. The van der Waals surface area contributed by atoms with Crippen LogP contribution < -0.4 is 0 Å². The van der Waals surface area contributed by atoms with Gasteiger partial charge in [-0.1, -0.05) is 56.0 Å². The maximum absolute atomic E-state index is 11.5. The van der Waals surface area contributed by atoms with Gasteiger partial charge in [0, 0.05) is 12.8 Å². The van der Waals surface area contributed by atoms with Crippen LogP contribution in [0.5, 0.6) is 0 Å². The molecular weight excluding hydrogens is 208 g/mol. The number of rotatable bonds is 6. The van der Waals surface area contributed by atoms with Gasteiger partial charge in [0.05, 0.1) is 0 Å². The van der Waals surface area contributed by atoms with E-state index >= 15 is 0 Å². The van der Waals surface area contributed by atoms with Crippen molar-refractivity contribution < 1.29 is 4.79 Å². The lowest BCUT2D eigenvalue weighted by molar-refractivity contribution is -0.113. The van der Waals surface area contributed by atoms with Crippen molar-refractivity contribution in [3.63, 3.8) is 0 Å². The number of Topliss-reactive ketones (excluding diaryl/α,β-unsaturated/α-hetero) is 1. The van der Waals surface area contributed by atoms with E-state index < -0.39 is 0 Å². The van der Waals surface area contributed by atoms with Gasteiger partial charge in [-0.05, 0) is 24.3 Å². The third-order valence-electron chi connectivity index (χ3n) is 2.62. The van der Waals surface area contributed by atoms with Gasteiger partial charge in [-0.15, -0.1) is 0 Å². The van der Waals surface area contributed by atoms with Crippen LogP contribution in [-0.2, 0) is 11.2 Å². The van der Waals surface area contributed by atoms with Crippen molar-refractivity contribution in [3.05, 3.63) is 35.9 Å². The summed E-state index contributed by atoms with van der Waals surface area (Å²) in [6.07, 6.45) is 5.69. The molecule has 1 rings (SSSR count). The molecule has 0 heterocycles. The summed E-state index contributed by atoms with van der Waals surface area (Å²) in [5.41, 5.74) is 1.20. The molecule has 0 saturated heterocycles. The van der Waals surface area contributed by atoms with Crippen molar-refractivity contribution in [1.82, 2.24) is 0 Å². The first-order valence-electron chi connectivity index (χ1n) is 6.38. The number of hydrogen-bond donors (Lipinski definition) is 0. The number of benzene rings is 1. The van der Waals surface area contributed by atoms with Gasteiger partial charge >= 0.3 is 0 Å². The Hall–Kier alpha value is -1.55. The fourth-order valence-electron chi connectivity index (χ4n) is 1.59. The number of hydrogen-bond acceptors (Lipinski definition) is 1. The molecule has 1 aromatic carbocycles. The zero-order valence-corrected chi connectivity index (χ0v) is 10.5. The van der Waals surface area contributed by atoms with Crippen LogP contribution in [0.4, 0.5) is 0 Å². The lowest BCUT2D eigenvalue weighted by Crippen LogP contribution is -1.96. The van der Waals surface area contributed by atoms with E-state index in [0.717, 1.165) is 19.3 Å². The Labute approximate surface area is 104 Å². The van der Waals surface area contributed by atoms with E-state index in [4.69, 9.17) is 0 Å². The lowest BCUT2D eigenvalue weighted by atomic mass is 10.1. The molecule has 1 heteroatoms. The van der Waals surface area contributed by atoms with E-state index in [1.165, 1.54) is 18.4 Å². The molecule has 0 fully saturated rings. The maximum Gasteiger partial charge on any atom is 0.205 e. The zero-order chi connectivity index (χ0) is 12.3. The summed E-state index contributed by atoms with van der Waals surface area (Å²) < 4.78 is 0. The van der Waals surface area contributed by atoms with Crippen molar-refractivity contribution in [3.8, 4) is 11.8 Å². The van der Waals surface area contributed by atoms with Gasteiger partial charge in [0.1, 0.15) is 0 Å². The Morgan fingerprint density at radius 2 is 1.94 bits per heavy atom. The second-order valence-electron chi connectivity index (χ2n) is 4.17. The molecule has 1 nitrogen and oxygen atoms in total. The third kappa shape index (κ3) is 6.58. The zero-order valence-electron chi connectivity index (χ0n) is 10.5. The smallest absolute Gasteiger partial charge is 0.205 e. The first kappa shape index (κ1) is 13.5. The molecule has 0 bridgehead atoms. The summed E-state index contributed by atoms with van der Waals surface area (Å²) in [5.74, 6) is 5.74. The summed E-state index contributed by atoms with van der Waals surface area (Å²) in [6, 6.07) is 10.1. The highest BCUT2D eigenvalue weighted by Gasteiger charge is 1.97. The van der Waals surface area contributed by atoms with Crippen molar-refractivity contribution in [2.24, 2.45) is 0 Å². The Morgan fingerprint density at radius 3 is 2.65 bits per heavy atom. The number of unbranched alkanes of at least 4 members (excludes halogenated alkanes) is 3. The van der Waals surface area contributed by atoms with Crippen LogP contribution in [-0.4, -0.2) is 5.78 Å². The molecule has 0 amide bonds. The van der Waals surface area contributed by atoms with Gasteiger partial charge in [0.15, 0.2) is 0 Å². The van der Waals surface area contributed by atoms with Crippen molar-refractivity contribution in [2.45, 2.75) is 45.4 Å². The maximum atomic E-state index is 11.5. The molecular formula is C16H20O. The van der Waals surface area contributed by atoms with Crippen LogP contribution in [0.2, 0.25) is 0 Å². The predicted octanol–water partition coefficient (Wildman–Crippen LogP) is 3.77. The minimum atomic E-state index is 0.0605. The van der Waals surface area contributed by atoms with E-state index in [-0.39, 0.29) is 5.78 Å². The third-order valence-corrected chi connectivity index (χ3v) is 2.62. The predicted molar refractivity (Wildman–Crippen MR) is 71.7 cm³/mol. The van der Waals surface area contributed by atoms with Crippen LogP contribution in [0, 0.1) is 11.8 Å². The summed E-state index contributed by atoms with van der Waals surface area (Å²) in [5, 5.41) is 0. The molecule has 1 aromatic rings. The number of ketones is 1. The first-order chi connectivity index (χ1) is 8.33. The lowest BCUT2D eigenvalue weighted by Gasteiger charge is -1.96. The molecule has 0 atom stereocenters. The van der Waals surface area contributed by atoms with Crippen LogP contribution in [0.25, 0.3) is 0 Å². The Morgan fingerprint density at radius 1 is 1.18 bits per heavy atom. The van der Waals surface area contributed by atoms with E-state index in [2.05, 4.69) is 18.8 Å². The highest BCUT2D eigenvalue weighted by atomic mass is 16.1. The quantitative estimate of drug-likeness (QED) is 0.411. The minimum Gasteiger partial charge on any atom is -0.285 e. The van der Waals surface area contributed by atoms with Crippen LogP contribution in [0.15, 0.2) is 30.3 Å². The molecule has 0 aliphatic heterocycles. The largest absolute Gasteiger partial charge is 0.285 e. The van der Waals surface area contributed by atoms with Crippen LogP contribution in [0.3, 0.4) is 0 Å². The summed E-state index contributed by atoms with van der Waals surface area (Å²) >= 11 is 0. The van der Waals surface area contributed by atoms with E-state index in [9.17, 15) is 4.79 Å². The molecule has 0 spiro atoms. The van der Waals surface area contributed by atoms with Crippen molar-refractivity contribution in [2.75, 3.05) is 0 Å². The molecule has 90 valence electrons. The molecule has 17 heavy (non-hydrogen) atoms. The Balaban J connectivity index is 2.21. The Bertz CT molecular complexity index is 381. The molecule has 0 aromatic heterocycles. The van der Waals surface area contributed by atoms with Crippen LogP contribution in [0.1, 0.15) is 44.6 Å². The van der Waals surface area contributed by atoms with E-state index in [1.807, 2.05) is 30.3 Å². The number of carbonyl (C=O) groups excluding carboxylic acids is 1. The average molecular weight is 228 g/mol.